The molecule has 1 aromatic carbocycles. The average Bonchev–Trinajstić information content (AvgIpc) is 3.37. The van der Waals surface area contributed by atoms with Crippen LogP contribution < -0.4 is 5.32 Å². The van der Waals surface area contributed by atoms with Crippen molar-refractivity contribution < 1.29 is 9.59 Å². The first-order valence-corrected chi connectivity index (χ1v) is 10.3. The van der Waals surface area contributed by atoms with Gasteiger partial charge in [0.05, 0.1) is 12.2 Å². The summed E-state index contributed by atoms with van der Waals surface area (Å²) in [4.78, 5) is 31.6. The molecule has 1 unspecified atom stereocenters. The number of nitrogens with zero attached hydrogens (tertiary/aromatic N) is 4. The van der Waals surface area contributed by atoms with Crippen molar-refractivity contribution in [2.45, 2.75) is 25.4 Å². The third-order valence-electron chi connectivity index (χ3n) is 4.87. The van der Waals surface area contributed by atoms with E-state index in [9.17, 15) is 9.59 Å². The average molecular weight is 444 g/mol. The Morgan fingerprint density at radius 2 is 1.93 bits per heavy atom. The number of amides is 2. The third-order valence-corrected chi connectivity index (χ3v) is 5.30. The van der Waals surface area contributed by atoms with Crippen molar-refractivity contribution in [2.75, 3.05) is 11.9 Å². The SMILES string of the molecule is O=C(Nc1ccn(Cc2ccccn2)n1)C1CCCN1C(=O)c1cc(Cl)cc(Cl)c1. The molecule has 1 aliphatic rings. The number of halogens is 2. The number of rotatable bonds is 5. The molecule has 0 bridgehead atoms. The molecular formula is C21H19Cl2N5O2. The molecule has 0 radical (unpaired) electrons. The summed E-state index contributed by atoms with van der Waals surface area (Å²) in [6.45, 7) is 0.995. The Labute approximate surface area is 183 Å². The molecule has 0 aliphatic carbocycles. The predicted octanol–water partition coefficient (Wildman–Crippen LogP) is 3.88. The summed E-state index contributed by atoms with van der Waals surface area (Å²) >= 11 is 12.0. The molecule has 4 rings (SSSR count). The molecule has 1 N–H and O–H groups in total. The molecule has 2 amide bonds. The fourth-order valence-corrected chi connectivity index (χ4v) is 4.04. The summed E-state index contributed by atoms with van der Waals surface area (Å²) in [7, 11) is 0. The molecule has 7 nitrogen and oxygen atoms in total. The van der Waals surface area contributed by atoms with Crippen LogP contribution in [0.3, 0.4) is 0 Å². The van der Waals surface area contributed by atoms with E-state index in [1.165, 1.54) is 0 Å². The number of carbonyl (C=O) groups is 2. The van der Waals surface area contributed by atoms with Crippen LogP contribution in [0.2, 0.25) is 10.0 Å². The lowest BCUT2D eigenvalue weighted by molar-refractivity contribution is -0.119. The van der Waals surface area contributed by atoms with Gasteiger partial charge in [-0.25, -0.2) is 0 Å². The van der Waals surface area contributed by atoms with Crippen molar-refractivity contribution in [1.29, 1.82) is 0 Å². The number of anilines is 1. The number of benzene rings is 1. The van der Waals surface area contributed by atoms with Crippen molar-refractivity contribution in [3.63, 3.8) is 0 Å². The molecule has 1 atom stereocenters. The van der Waals surface area contributed by atoms with Crippen molar-refractivity contribution in [3.8, 4) is 0 Å². The molecule has 1 fully saturated rings. The highest BCUT2D eigenvalue weighted by molar-refractivity contribution is 6.35. The van der Waals surface area contributed by atoms with Crippen molar-refractivity contribution in [1.82, 2.24) is 19.7 Å². The monoisotopic (exact) mass is 443 g/mol. The minimum Gasteiger partial charge on any atom is -0.327 e. The summed E-state index contributed by atoms with van der Waals surface area (Å²) in [5.74, 6) is -0.101. The Morgan fingerprint density at radius 1 is 1.13 bits per heavy atom. The maximum atomic E-state index is 12.9. The van der Waals surface area contributed by atoms with Crippen molar-refractivity contribution in [3.05, 3.63) is 76.2 Å². The summed E-state index contributed by atoms with van der Waals surface area (Å²) in [6.07, 6.45) is 4.82. The molecule has 3 aromatic rings. The van der Waals surface area contributed by atoms with Gasteiger partial charge in [0.2, 0.25) is 5.91 Å². The van der Waals surface area contributed by atoms with E-state index in [4.69, 9.17) is 23.2 Å². The van der Waals surface area contributed by atoms with Gasteiger partial charge in [0, 0.05) is 40.6 Å². The Balaban J connectivity index is 1.43. The van der Waals surface area contributed by atoms with Crippen LogP contribution in [0.5, 0.6) is 0 Å². The standard InChI is InChI=1S/C21H19Cl2N5O2/c22-15-10-14(11-16(23)12-15)21(30)28-8-3-5-18(28)20(29)25-19-6-9-27(26-19)13-17-4-1-2-7-24-17/h1-2,4,6-7,9-12,18H,3,5,8,13H2,(H,25,26,29). The van der Waals surface area contributed by atoms with Crippen LogP contribution in [-0.4, -0.2) is 44.1 Å². The minimum absolute atomic E-state index is 0.266. The number of nitrogens with one attached hydrogen (secondary N) is 1. The van der Waals surface area contributed by atoms with E-state index in [1.54, 1.807) is 46.2 Å². The maximum Gasteiger partial charge on any atom is 0.254 e. The van der Waals surface area contributed by atoms with Gasteiger partial charge in [-0.1, -0.05) is 29.3 Å². The lowest BCUT2D eigenvalue weighted by Crippen LogP contribution is -2.43. The van der Waals surface area contributed by atoms with Gasteiger partial charge < -0.3 is 10.2 Å². The maximum absolute atomic E-state index is 12.9. The van der Waals surface area contributed by atoms with Crippen LogP contribution in [0, 0.1) is 0 Å². The molecule has 30 heavy (non-hydrogen) atoms. The Morgan fingerprint density at radius 3 is 2.67 bits per heavy atom. The summed E-state index contributed by atoms with van der Waals surface area (Å²) in [6, 6.07) is 11.5. The highest BCUT2D eigenvalue weighted by Crippen LogP contribution is 2.25. The topological polar surface area (TPSA) is 80.1 Å². The van der Waals surface area contributed by atoms with Crippen LogP contribution in [-0.2, 0) is 11.3 Å². The summed E-state index contributed by atoms with van der Waals surface area (Å²) in [5.41, 5.74) is 1.23. The molecule has 0 spiro atoms. The van der Waals surface area contributed by atoms with Gasteiger partial charge in [-0.2, -0.15) is 5.10 Å². The molecule has 9 heteroatoms. The molecule has 3 heterocycles. The molecule has 1 aliphatic heterocycles. The number of pyridine rings is 1. The largest absolute Gasteiger partial charge is 0.327 e. The van der Waals surface area contributed by atoms with Gasteiger partial charge in [0.25, 0.3) is 5.91 Å². The summed E-state index contributed by atoms with van der Waals surface area (Å²) in [5, 5.41) is 7.94. The lowest BCUT2D eigenvalue weighted by Gasteiger charge is -2.23. The van der Waals surface area contributed by atoms with Crippen LogP contribution in [0.1, 0.15) is 28.9 Å². The highest BCUT2D eigenvalue weighted by Gasteiger charge is 2.35. The Hall–Kier alpha value is -2.90. The zero-order valence-corrected chi connectivity index (χ0v) is 17.5. The molecule has 0 saturated carbocycles. The number of hydrogen-bond acceptors (Lipinski definition) is 4. The van der Waals surface area contributed by atoms with Crippen LogP contribution >= 0.6 is 23.2 Å². The molecule has 2 aromatic heterocycles. The van der Waals surface area contributed by atoms with Crippen LogP contribution in [0.25, 0.3) is 0 Å². The Kier molecular flexibility index (Phi) is 6.01. The normalized spacial score (nSPS) is 15.9. The van der Waals surface area contributed by atoms with Gasteiger partial charge >= 0.3 is 0 Å². The van der Waals surface area contributed by atoms with E-state index in [0.717, 1.165) is 12.1 Å². The van der Waals surface area contributed by atoms with Crippen molar-refractivity contribution >= 4 is 40.8 Å². The predicted molar refractivity (Wildman–Crippen MR) is 115 cm³/mol. The van der Waals surface area contributed by atoms with E-state index >= 15 is 0 Å². The molecular weight excluding hydrogens is 425 g/mol. The van der Waals surface area contributed by atoms with E-state index < -0.39 is 6.04 Å². The second-order valence-electron chi connectivity index (χ2n) is 7.02. The van der Waals surface area contributed by atoms with Gasteiger partial charge in [-0.3, -0.25) is 19.3 Å². The number of aromatic nitrogens is 3. The molecule has 1 saturated heterocycles. The first-order valence-electron chi connectivity index (χ1n) is 9.51. The molecule has 154 valence electrons. The van der Waals surface area contributed by atoms with Crippen LogP contribution in [0.4, 0.5) is 5.82 Å². The number of carbonyl (C=O) groups excluding carboxylic acids is 2. The quantitative estimate of drug-likeness (QED) is 0.648. The lowest BCUT2D eigenvalue weighted by atomic mass is 10.1. The van der Waals surface area contributed by atoms with Gasteiger partial charge in [-0.05, 0) is 43.2 Å². The minimum atomic E-state index is -0.573. The first kappa shape index (κ1) is 20.4. The smallest absolute Gasteiger partial charge is 0.254 e. The van der Waals surface area contributed by atoms with Gasteiger partial charge in [-0.15, -0.1) is 0 Å². The van der Waals surface area contributed by atoms with E-state index in [2.05, 4.69) is 15.4 Å². The number of hydrogen-bond donors (Lipinski definition) is 1. The first-order chi connectivity index (χ1) is 14.5. The van der Waals surface area contributed by atoms with Crippen LogP contribution in [0.15, 0.2) is 54.9 Å². The third kappa shape index (κ3) is 4.63. The second kappa shape index (κ2) is 8.85. The highest BCUT2D eigenvalue weighted by atomic mass is 35.5. The fraction of sp³-hybridized carbons (Fsp3) is 0.238. The zero-order chi connectivity index (χ0) is 21.1. The van der Waals surface area contributed by atoms with Gasteiger partial charge in [0.1, 0.15) is 6.04 Å². The van der Waals surface area contributed by atoms with E-state index in [1.807, 2.05) is 18.2 Å². The zero-order valence-electron chi connectivity index (χ0n) is 16.0. The Bertz CT molecular complexity index is 1050. The van der Waals surface area contributed by atoms with Gasteiger partial charge in [0.15, 0.2) is 5.82 Å². The fourth-order valence-electron chi connectivity index (χ4n) is 3.51. The number of likely N-dealkylation sites (tertiary alicyclic amines) is 1. The summed E-state index contributed by atoms with van der Waals surface area (Å²) < 4.78 is 1.70. The van der Waals surface area contributed by atoms with E-state index in [-0.39, 0.29) is 11.8 Å². The van der Waals surface area contributed by atoms with E-state index in [0.29, 0.717) is 40.9 Å². The second-order valence-corrected chi connectivity index (χ2v) is 7.90. The van der Waals surface area contributed by atoms with Crippen molar-refractivity contribution in [2.24, 2.45) is 0 Å².